The van der Waals surface area contributed by atoms with Crippen molar-refractivity contribution in [3.8, 4) is 84.2 Å². The number of hydrogen-bond donors (Lipinski definition) is 0. The summed E-state index contributed by atoms with van der Waals surface area (Å²) >= 11 is 0. The van der Waals surface area contributed by atoms with Crippen LogP contribution in [0.15, 0.2) is 200 Å². The first kappa shape index (κ1) is 55.3. The summed E-state index contributed by atoms with van der Waals surface area (Å²) in [6.45, 7) is 16.6. The highest BCUT2D eigenvalue weighted by molar-refractivity contribution is 6.14. The van der Waals surface area contributed by atoms with Gasteiger partial charge in [0.25, 0.3) is 0 Å². The van der Waals surface area contributed by atoms with Gasteiger partial charge in [0.2, 0.25) is 0 Å². The normalized spacial score (nSPS) is 12.1. The van der Waals surface area contributed by atoms with Gasteiger partial charge in [-0.15, -0.1) is 0 Å². The van der Waals surface area contributed by atoms with Crippen molar-refractivity contribution in [3.05, 3.63) is 261 Å². The zero-order chi connectivity index (χ0) is 60.2. The largest absolute Gasteiger partial charge is 0.417 e. The molecule has 422 valence electrons. The number of hydrogen-bond acceptors (Lipinski definition) is 1. The van der Waals surface area contributed by atoms with Gasteiger partial charge in [-0.25, -0.2) is 0 Å². The first-order chi connectivity index (χ1) is 41.1. The van der Waals surface area contributed by atoms with Gasteiger partial charge in [0.05, 0.1) is 56.2 Å². The molecule has 0 fully saturated rings. The Kier molecular flexibility index (Phi) is 13.3. The standard InChI is InChI=1S/C77H57F6N3/c1-43-12-22-57(47(5)32-43)52-18-28-70-63(37-52)64-38-53(58-23-13-44(2)33-48(58)6)19-29-71(64)85(70)69-27-16-51(42-84)36-62(69)61-26-17-56(75-67(76(78,79)80)10-9-11-68(75)77(81,82)83)41-74(61)86-72-30-20-54(59-24-14-45(3)34-49(59)7)39-65(72)66-40-55(21-31-73(66)86)60-25-15-46(4)35-50(60)8/h9-41H,1-8H3. The van der Waals surface area contributed by atoms with Crippen molar-refractivity contribution in [2.45, 2.75) is 67.7 Å². The van der Waals surface area contributed by atoms with E-state index < -0.39 is 29.0 Å². The first-order valence-corrected chi connectivity index (χ1v) is 28.6. The lowest BCUT2D eigenvalue weighted by molar-refractivity contribution is -0.142. The Morgan fingerprint density at radius 1 is 0.314 bits per heavy atom. The minimum atomic E-state index is -5.15. The van der Waals surface area contributed by atoms with Gasteiger partial charge in [-0.3, -0.25) is 0 Å². The second-order valence-electron chi connectivity index (χ2n) is 23.2. The van der Waals surface area contributed by atoms with E-state index in [0.717, 1.165) is 128 Å². The maximum atomic E-state index is 15.4. The monoisotopic (exact) mass is 1140 g/mol. The zero-order valence-corrected chi connectivity index (χ0v) is 48.7. The van der Waals surface area contributed by atoms with E-state index >= 15 is 26.3 Å². The number of alkyl halides is 6. The van der Waals surface area contributed by atoms with Crippen LogP contribution >= 0.6 is 0 Å². The highest BCUT2D eigenvalue weighted by Crippen LogP contribution is 2.49. The maximum absolute atomic E-state index is 15.4. The molecule has 13 rings (SSSR count). The number of fused-ring (bicyclic) bond motifs is 6. The predicted octanol–water partition coefficient (Wildman–Crippen LogP) is 22.3. The molecule has 0 aliphatic heterocycles. The van der Waals surface area contributed by atoms with E-state index in [0.29, 0.717) is 51.2 Å². The van der Waals surface area contributed by atoms with Gasteiger partial charge in [-0.2, -0.15) is 31.6 Å². The van der Waals surface area contributed by atoms with Crippen LogP contribution in [-0.2, 0) is 12.4 Å². The minimum absolute atomic E-state index is 0.287. The minimum Gasteiger partial charge on any atom is -0.309 e. The topological polar surface area (TPSA) is 33.6 Å². The Morgan fingerprint density at radius 3 is 0.988 bits per heavy atom. The molecule has 0 bridgehead atoms. The van der Waals surface area contributed by atoms with E-state index in [1.807, 2.05) is 48.7 Å². The molecule has 0 atom stereocenters. The maximum Gasteiger partial charge on any atom is 0.417 e. The molecule has 2 heterocycles. The Hall–Kier alpha value is -9.91. The van der Waals surface area contributed by atoms with Gasteiger partial charge in [-0.1, -0.05) is 138 Å². The fourth-order valence-corrected chi connectivity index (χ4v) is 13.2. The van der Waals surface area contributed by atoms with Crippen LogP contribution in [0, 0.1) is 66.7 Å². The molecule has 0 unspecified atom stereocenters. The number of benzene rings is 11. The van der Waals surface area contributed by atoms with Crippen LogP contribution in [0.1, 0.15) is 61.2 Å². The molecule has 2 aromatic heterocycles. The quantitative estimate of drug-likeness (QED) is 0.140. The fraction of sp³-hybridized carbons (Fsp3) is 0.130. The summed E-state index contributed by atoms with van der Waals surface area (Å²) in [5.41, 5.74) is 18.2. The number of aryl methyl sites for hydroxylation is 8. The highest BCUT2D eigenvalue weighted by atomic mass is 19.4. The van der Waals surface area contributed by atoms with E-state index in [2.05, 4.69) is 174 Å². The molecule has 0 amide bonds. The Morgan fingerprint density at radius 2 is 0.651 bits per heavy atom. The van der Waals surface area contributed by atoms with Gasteiger partial charge >= 0.3 is 12.4 Å². The molecule has 13 aromatic rings. The fourth-order valence-electron chi connectivity index (χ4n) is 13.2. The SMILES string of the molecule is Cc1ccc(-c2ccc3c(c2)c2cc(-c4ccc(C)cc4C)ccc2n3-c2ccc(C#N)cc2-c2ccc(-c3c(C(F)(F)F)cccc3C(F)(F)F)cc2-n2c3ccc(-c4ccc(C)cc4C)cc3c3cc(-c4ccc(C)cc4C)ccc32)c(C)c1. The Balaban J connectivity index is 1.15. The third kappa shape index (κ3) is 9.50. The van der Waals surface area contributed by atoms with E-state index in [1.54, 1.807) is 18.2 Å². The third-order valence-electron chi connectivity index (χ3n) is 17.2. The predicted molar refractivity (Wildman–Crippen MR) is 340 cm³/mol. The molecule has 0 saturated carbocycles. The molecular formula is C77H57F6N3. The van der Waals surface area contributed by atoms with E-state index in [1.165, 1.54) is 12.1 Å². The van der Waals surface area contributed by atoms with Crippen molar-refractivity contribution in [2.75, 3.05) is 0 Å². The summed E-state index contributed by atoms with van der Waals surface area (Å²) < 4.78 is 96.2. The van der Waals surface area contributed by atoms with Gasteiger partial charge in [0.15, 0.2) is 0 Å². The molecule has 0 saturated heterocycles. The van der Waals surface area contributed by atoms with Crippen molar-refractivity contribution in [1.29, 1.82) is 5.26 Å². The molecule has 0 aliphatic rings. The lowest BCUT2D eigenvalue weighted by Crippen LogP contribution is -2.14. The molecule has 3 nitrogen and oxygen atoms in total. The lowest BCUT2D eigenvalue weighted by atomic mass is 9.90. The van der Waals surface area contributed by atoms with E-state index in [4.69, 9.17) is 0 Å². The summed E-state index contributed by atoms with van der Waals surface area (Å²) in [6, 6.07) is 64.9. The first-order valence-electron chi connectivity index (χ1n) is 28.6. The summed E-state index contributed by atoms with van der Waals surface area (Å²) in [5.74, 6) is 0. The van der Waals surface area contributed by atoms with Crippen LogP contribution in [0.5, 0.6) is 0 Å². The van der Waals surface area contributed by atoms with Crippen molar-refractivity contribution in [3.63, 3.8) is 0 Å². The third-order valence-corrected chi connectivity index (χ3v) is 17.2. The molecule has 86 heavy (non-hydrogen) atoms. The van der Waals surface area contributed by atoms with Gasteiger partial charge in [0.1, 0.15) is 0 Å². The summed E-state index contributed by atoms with van der Waals surface area (Å²) in [5, 5.41) is 14.4. The van der Waals surface area contributed by atoms with Crippen molar-refractivity contribution < 1.29 is 26.3 Å². The van der Waals surface area contributed by atoms with Gasteiger partial charge < -0.3 is 9.13 Å². The number of halogens is 6. The average molecular weight is 1140 g/mol. The van der Waals surface area contributed by atoms with Crippen LogP contribution in [0.3, 0.4) is 0 Å². The average Bonchev–Trinajstić information content (AvgIpc) is 1.61. The zero-order valence-electron chi connectivity index (χ0n) is 48.7. The van der Waals surface area contributed by atoms with E-state index in [-0.39, 0.29) is 5.56 Å². The molecule has 0 radical (unpaired) electrons. The van der Waals surface area contributed by atoms with Crippen LogP contribution in [0.4, 0.5) is 26.3 Å². The number of nitriles is 1. The van der Waals surface area contributed by atoms with Crippen molar-refractivity contribution in [2.24, 2.45) is 0 Å². The van der Waals surface area contributed by atoms with Crippen LogP contribution in [-0.4, -0.2) is 9.13 Å². The van der Waals surface area contributed by atoms with Crippen LogP contribution < -0.4 is 0 Å². The number of nitrogens with zero attached hydrogens (tertiary/aromatic N) is 3. The van der Waals surface area contributed by atoms with Gasteiger partial charge in [-0.05, 0) is 213 Å². The van der Waals surface area contributed by atoms with Crippen LogP contribution in [0.25, 0.3) is 122 Å². The number of rotatable bonds is 8. The molecule has 11 aromatic carbocycles. The van der Waals surface area contributed by atoms with Crippen molar-refractivity contribution in [1.82, 2.24) is 9.13 Å². The second kappa shape index (κ2) is 20.7. The van der Waals surface area contributed by atoms with Crippen LogP contribution in [0.2, 0.25) is 0 Å². The lowest BCUT2D eigenvalue weighted by Gasteiger charge is -2.22. The smallest absolute Gasteiger partial charge is 0.309 e. The number of aromatic nitrogens is 2. The molecule has 0 spiro atoms. The molecular weight excluding hydrogens is 1080 g/mol. The van der Waals surface area contributed by atoms with Crippen molar-refractivity contribution >= 4 is 43.6 Å². The molecule has 0 aliphatic carbocycles. The molecule has 9 heteroatoms. The second-order valence-corrected chi connectivity index (χ2v) is 23.2. The molecule has 0 N–H and O–H groups in total. The Labute approximate surface area is 495 Å². The summed E-state index contributed by atoms with van der Waals surface area (Å²) in [4.78, 5) is 0. The Bertz CT molecular complexity index is 4770. The van der Waals surface area contributed by atoms with Gasteiger partial charge in [0, 0.05) is 38.2 Å². The summed E-state index contributed by atoms with van der Waals surface area (Å²) in [6.07, 6.45) is -10.3. The van der Waals surface area contributed by atoms with E-state index in [9.17, 15) is 5.26 Å². The summed E-state index contributed by atoms with van der Waals surface area (Å²) in [7, 11) is 0. The highest BCUT2D eigenvalue weighted by Gasteiger charge is 2.41.